The highest BCUT2D eigenvalue weighted by atomic mass is 16.6. The van der Waals surface area contributed by atoms with Crippen molar-refractivity contribution in [3.63, 3.8) is 0 Å². The van der Waals surface area contributed by atoms with Gasteiger partial charge in [0.2, 0.25) is 0 Å². The predicted octanol–water partition coefficient (Wildman–Crippen LogP) is 21.0. The molecule has 0 heterocycles. The minimum absolute atomic E-state index is 0.243. The number of hydrogen-bond donors (Lipinski definition) is 0. The van der Waals surface area contributed by atoms with Crippen LogP contribution in [0.1, 0.15) is 168 Å². The molecule has 18 nitrogen and oxygen atoms in total. The van der Waals surface area contributed by atoms with Gasteiger partial charge in [0.25, 0.3) is 0 Å². The lowest BCUT2D eigenvalue weighted by atomic mass is 9.79. The Balaban J connectivity index is 0.000000248. The molecule has 0 aromatic heterocycles. The first kappa shape index (κ1) is 93.0. The van der Waals surface area contributed by atoms with Crippen LogP contribution in [0.3, 0.4) is 0 Å². The maximum absolute atomic E-state index is 12.4. The van der Waals surface area contributed by atoms with Crippen LogP contribution in [0.5, 0.6) is 51.7 Å². The number of aryl methyl sites for hydroxylation is 18. The molecule has 0 aliphatic heterocycles. The fraction of sp³-hybridized carbons (Fsp3) is 0.206. The van der Waals surface area contributed by atoms with Crippen molar-refractivity contribution in [2.75, 3.05) is 0 Å². The zero-order valence-electron chi connectivity index (χ0n) is 71.5. The van der Waals surface area contributed by atoms with E-state index in [0.717, 1.165) is 205 Å². The van der Waals surface area contributed by atoms with Gasteiger partial charge in [0.05, 0.1) is 0 Å². The van der Waals surface area contributed by atoms with Gasteiger partial charge in [0, 0.05) is 78.0 Å². The zero-order chi connectivity index (χ0) is 89.2. The van der Waals surface area contributed by atoms with Crippen molar-refractivity contribution in [3.05, 3.63) is 373 Å². The maximum Gasteiger partial charge on any atom is 0.335 e. The molecule has 0 fully saturated rings. The van der Waals surface area contributed by atoms with E-state index < -0.39 is 59.6 Å². The minimum Gasteiger partial charge on any atom is -0.423 e. The van der Waals surface area contributed by atoms with E-state index in [1.165, 1.54) is 0 Å². The first-order valence-electron chi connectivity index (χ1n) is 38.3. The summed E-state index contributed by atoms with van der Waals surface area (Å²) in [4.78, 5) is 108. The molecule has 0 N–H and O–H groups in total. The number of carbonyl (C=O) groups excluding carboxylic acids is 9. The summed E-state index contributed by atoms with van der Waals surface area (Å²) in [7, 11) is 0. The van der Waals surface area contributed by atoms with E-state index in [-0.39, 0.29) is 11.8 Å². The van der Waals surface area contributed by atoms with Gasteiger partial charge in [-0.3, -0.25) is 0 Å². The third kappa shape index (κ3) is 22.7. The number of ether oxygens (including phenoxy) is 9. The Morgan fingerprint density at radius 1 is 0.192 bits per heavy atom. The van der Waals surface area contributed by atoms with Gasteiger partial charge < -0.3 is 42.6 Å². The van der Waals surface area contributed by atoms with Crippen LogP contribution >= 0.6 is 0 Å². The van der Waals surface area contributed by atoms with E-state index in [4.69, 9.17) is 42.6 Å². The van der Waals surface area contributed by atoms with E-state index >= 15 is 0 Å². The lowest BCUT2D eigenvalue weighted by Gasteiger charge is -2.26. The second-order valence-electron chi connectivity index (χ2n) is 29.3. The summed E-state index contributed by atoms with van der Waals surface area (Å²) in [5, 5.41) is 0. The Kier molecular flexibility index (Phi) is 31.9. The topological polar surface area (TPSA) is 237 Å². The highest BCUT2D eigenvalue weighted by Gasteiger charge is 2.31. The summed E-state index contributed by atoms with van der Waals surface area (Å²) >= 11 is 0. The summed E-state index contributed by atoms with van der Waals surface area (Å²) in [5.41, 5.74) is 23.1. The normalized spacial score (nSPS) is 10.6. The van der Waals surface area contributed by atoms with E-state index in [9.17, 15) is 43.2 Å². The largest absolute Gasteiger partial charge is 0.423 e. The highest BCUT2D eigenvalue weighted by Crippen LogP contribution is 2.47. The molecule has 0 radical (unpaired) electrons. The Morgan fingerprint density at radius 2 is 0.375 bits per heavy atom. The van der Waals surface area contributed by atoms with Crippen molar-refractivity contribution in [3.8, 4) is 51.7 Å². The third-order valence-electron chi connectivity index (χ3n) is 19.7. The van der Waals surface area contributed by atoms with Crippen molar-refractivity contribution in [1.82, 2.24) is 0 Å². The highest BCUT2D eigenvalue weighted by molar-refractivity contribution is 5.89. The van der Waals surface area contributed by atoms with Crippen molar-refractivity contribution in [2.45, 2.75) is 142 Å². The molecular formula is C102H102O18. The van der Waals surface area contributed by atoms with Crippen molar-refractivity contribution >= 4 is 53.7 Å². The molecule has 0 atom stereocenters. The first-order valence-corrected chi connectivity index (χ1v) is 38.3. The summed E-state index contributed by atoms with van der Waals surface area (Å²) < 4.78 is 49.7. The molecule has 0 bridgehead atoms. The van der Waals surface area contributed by atoms with E-state index in [0.29, 0.717) is 51.7 Å². The van der Waals surface area contributed by atoms with Gasteiger partial charge in [0.15, 0.2) is 0 Å². The average Bonchev–Trinajstić information content (AvgIpc) is 0.773. The van der Waals surface area contributed by atoms with Crippen molar-refractivity contribution in [2.24, 2.45) is 0 Å². The quantitative estimate of drug-likeness (QED) is 0.0201. The van der Waals surface area contributed by atoms with Gasteiger partial charge in [-0.2, -0.15) is 0 Å². The summed E-state index contributed by atoms with van der Waals surface area (Å²) in [6.07, 6.45) is 10.2. The molecule has 0 saturated heterocycles. The first-order chi connectivity index (χ1) is 56.7. The number of benzene rings is 9. The van der Waals surface area contributed by atoms with Gasteiger partial charge in [-0.15, -0.1) is 0 Å². The number of esters is 9. The van der Waals surface area contributed by atoms with Crippen molar-refractivity contribution < 1.29 is 85.8 Å². The molecule has 18 heteroatoms. The molecule has 9 aromatic carbocycles. The standard InChI is InChI=1S/3C34H34O6/c1-10-30(35)38-28-17-19(4)26(15-21(28)6)33(25-13-23(8)34(24(9)14-25)40-32(37)12-3)27-16-22(7)29(18-20(27)5)39-31(36)11-2;1-10-28(35)38-32-19(4)13-25(14-20(32)5)31(26-15-21(6)33(22(7)16-26)39-29(36)11-2)27-17-23(8)34(24(9)18-27)40-30(37)12-3;1-10-28(35)38-32-21(6)15-25(16-22(32)7)31(26-17-23(8)33(24(9)18-26)39-29(36)11-2)27-14-19(4)13-20(5)34(27)40-30(37)12-3/h10-18,33H,1-3H2,4-9H3;2*10-18,31H,1-3H2,4-9H3. The summed E-state index contributed by atoms with van der Waals surface area (Å²) in [6, 6.07) is 35.5. The van der Waals surface area contributed by atoms with Crippen LogP contribution in [-0.2, 0) is 43.2 Å². The lowest BCUT2D eigenvalue weighted by Crippen LogP contribution is -2.13. The second-order valence-corrected chi connectivity index (χ2v) is 29.3. The molecule has 0 unspecified atom stereocenters. The van der Waals surface area contributed by atoms with Crippen LogP contribution in [0.15, 0.2) is 223 Å². The summed E-state index contributed by atoms with van der Waals surface area (Å²) in [5.74, 6) is -1.44. The smallest absolute Gasteiger partial charge is 0.335 e. The minimum atomic E-state index is -0.565. The van der Waals surface area contributed by atoms with Gasteiger partial charge >= 0.3 is 53.7 Å². The fourth-order valence-corrected chi connectivity index (χ4v) is 14.6. The third-order valence-corrected chi connectivity index (χ3v) is 19.7. The van der Waals surface area contributed by atoms with Crippen LogP contribution in [0.25, 0.3) is 0 Å². The van der Waals surface area contributed by atoms with Gasteiger partial charge in [0.1, 0.15) is 51.7 Å². The van der Waals surface area contributed by atoms with Crippen LogP contribution < -0.4 is 42.6 Å². The lowest BCUT2D eigenvalue weighted by molar-refractivity contribution is -0.129. The van der Waals surface area contributed by atoms with Gasteiger partial charge in [-0.1, -0.05) is 162 Å². The Labute approximate surface area is 703 Å². The predicted molar refractivity (Wildman–Crippen MR) is 469 cm³/mol. The van der Waals surface area contributed by atoms with Crippen molar-refractivity contribution in [1.29, 1.82) is 0 Å². The second kappa shape index (κ2) is 41.1. The van der Waals surface area contributed by atoms with Gasteiger partial charge in [-0.05, 0) is 276 Å². The van der Waals surface area contributed by atoms with Crippen LogP contribution in [-0.4, -0.2) is 53.7 Å². The number of rotatable bonds is 27. The molecule has 0 aliphatic rings. The number of hydrogen-bond acceptors (Lipinski definition) is 18. The molecule has 9 rings (SSSR count). The summed E-state index contributed by atoms with van der Waals surface area (Å²) in [6.45, 7) is 65.6. The molecule has 0 spiro atoms. The Bertz CT molecular complexity index is 5250. The Hall–Kier alpha value is -14.1. The average molecular weight is 1620 g/mol. The SMILES string of the molecule is C=CC(=O)Oc1c(C)cc(C(c2cc(C)c(OC(=O)C=C)c(C)c2)c2cc(C)c(OC(=O)C=C)c(C)c2)cc1C.C=CC(=O)Oc1c(C)cc(C(c2cc(C)c(OC(=O)C=C)c(C)c2)c2cc(C)cc(C)c2OC(=O)C=C)cc1C.C=CC(=O)Oc1cc(C)c(C(c2cc(C)c(OC(=O)C=C)c(C)c2)c2cc(C)c(OC(=O)C=C)cc2C)cc1C. The Morgan fingerprint density at radius 3 is 0.592 bits per heavy atom. The van der Waals surface area contributed by atoms with E-state index in [1.807, 2.05) is 234 Å². The maximum atomic E-state index is 12.4. The fourth-order valence-electron chi connectivity index (χ4n) is 14.6. The van der Waals surface area contributed by atoms with E-state index in [1.54, 1.807) is 0 Å². The molecular weight excluding hydrogens is 1510 g/mol. The molecule has 0 saturated carbocycles. The molecule has 0 amide bonds. The monoisotopic (exact) mass is 1610 g/mol. The molecule has 9 aromatic rings. The molecule has 120 heavy (non-hydrogen) atoms. The van der Waals surface area contributed by atoms with E-state index in [2.05, 4.69) is 59.2 Å². The van der Waals surface area contributed by atoms with Gasteiger partial charge in [-0.25, -0.2) is 43.2 Å². The van der Waals surface area contributed by atoms with Crippen LogP contribution in [0.2, 0.25) is 0 Å². The zero-order valence-corrected chi connectivity index (χ0v) is 71.5. The molecule has 618 valence electrons. The van der Waals surface area contributed by atoms with Crippen LogP contribution in [0.4, 0.5) is 0 Å². The van der Waals surface area contributed by atoms with Crippen LogP contribution in [0, 0.1) is 125 Å². The molecule has 0 aliphatic carbocycles. The number of carbonyl (C=O) groups is 9.